The van der Waals surface area contributed by atoms with Crippen molar-refractivity contribution in [1.29, 1.82) is 0 Å². The minimum atomic E-state index is -2.21. The molecule has 0 aromatic rings. The fourth-order valence-corrected chi connectivity index (χ4v) is 12.9. The molecule has 0 radical (unpaired) electrons. The molecule has 1 fully saturated rings. The smallest absolute Gasteiger partial charge is 0.250 e. The Morgan fingerprint density at radius 1 is 0.938 bits per heavy atom. The first-order chi connectivity index (χ1) is 21.8. The summed E-state index contributed by atoms with van der Waals surface area (Å²) in [4.78, 5) is 0. The van der Waals surface area contributed by atoms with Crippen LogP contribution in [0.2, 0.25) is 54.4 Å². The summed E-state index contributed by atoms with van der Waals surface area (Å²) in [5, 5.41) is 0.106. The highest BCUT2D eigenvalue weighted by atomic mass is 28.4. The van der Waals surface area contributed by atoms with Crippen LogP contribution in [0.1, 0.15) is 102 Å². The van der Waals surface area contributed by atoms with Gasteiger partial charge in [0.05, 0.1) is 29.1 Å². The number of fused-ring (bicyclic) bond motifs is 1. The normalized spacial score (nSPS) is 29.6. The molecule has 0 heterocycles. The van der Waals surface area contributed by atoms with Crippen LogP contribution in [0.5, 0.6) is 0 Å². The van der Waals surface area contributed by atoms with Gasteiger partial charge in [-0.05, 0) is 104 Å². The van der Waals surface area contributed by atoms with Crippen molar-refractivity contribution in [2.24, 2.45) is 22.2 Å². The first-order valence-electron chi connectivity index (χ1n) is 18.7. The molecule has 0 aliphatic heterocycles. The van der Waals surface area contributed by atoms with Gasteiger partial charge >= 0.3 is 0 Å². The maximum Gasteiger partial charge on any atom is 0.250 e. The lowest BCUT2D eigenvalue weighted by Crippen LogP contribution is -2.60. The molecule has 2 rings (SSSR count). The van der Waals surface area contributed by atoms with Crippen LogP contribution in [0.25, 0.3) is 0 Å². The van der Waals surface area contributed by atoms with Crippen LogP contribution in [0.4, 0.5) is 0 Å². The maximum atomic E-state index is 7.61. The van der Waals surface area contributed by atoms with E-state index < -0.39 is 25.0 Å². The molecular weight excluding hydrogens is 645 g/mol. The predicted molar refractivity (Wildman–Crippen MR) is 214 cm³/mol. The molecule has 8 heteroatoms. The van der Waals surface area contributed by atoms with Crippen molar-refractivity contribution in [3.8, 4) is 0 Å². The summed E-state index contributed by atoms with van der Waals surface area (Å²) >= 11 is 0. The van der Waals surface area contributed by atoms with Crippen LogP contribution >= 0.6 is 0 Å². The van der Waals surface area contributed by atoms with Gasteiger partial charge < -0.3 is 22.8 Å². The Balaban J connectivity index is 2.92. The molecule has 0 unspecified atom stereocenters. The first-order valence-corrected chi connectivity index (χ1v) is 27.0. The lowest BCUT2D eigenvalue weighted by Gasteiger charge is -2.61. The van der Waals surface area contributed by atoms with Crippen molar-refractivity contribution in [1.82, 2.24) is 0 Å². The van der Waals surface area contributed by atoms with Gasteiger partial charge in [-0.1, -0.05) is 88.8 Å². The number of hydrogen-bond donors (Lipinski definition) is 0. The topological polar surface area (TPSA) is 46.2 Å². The lowest BCUT2D eigenvalue weighted by molar-refractivity contribution is -0.150. The van der Waals surface area contributed by atoms with E-state index in [1.165, 1.54) is 0 Å². The van der Waals surface area contributed by atoms with Crippen molar-refractivity contribution in [2.45, 2.75) is 169 Å². The highest BCUT2D eigenvalue weighted by molar-refractivity contribution is 6.75. The molecule has 0 saturated heterocycles. The second-order valence-corrected chi connectivity index (χ2v) is 32.6. The van der Waals surface area contributed by atoms with Gasteiger partial charge in [0.2, 0.25) is 16.6 Å². The van der Waals surface area contributed by atoms with Gasteiger partial charge in [0.1, 0.15) is 6.79 Å². The molecule has 278 valence electrons. The van der Waals surface area contributed by atoms with E-state index in [1.807, 2.05) is 6.08 Å². The molecule has 5 nitrogen and oxygen atoms in total. The van der Waals surface area contributed by atoms with Crippen LogP contribution < -0.4 is 0 Å². The van der Waals surface area contributed by atoms with E-state index in [1.54, 1.807) is 7.11 Å². The number of allylic oxidation sites excluding steroid dienone is 3. The van der Waals surface area contributed by atoms with Crippen LogP contribution in [-0.4, -0.2) is 51.1 Å². The predicted octanol–water partition coefficient (Wildman–Crippen LogP) is 12.4. The van der Waals surface area contributed by atoms with Gasteiger partial charge in [0.25, 0.3) is 0 Å². The van der Waals surface area contributed by atoms with E-state index in [0.29, 0.717) is 0 Å². The Labute approximate surface area is 300 Å². The van der Waals surface area contributed by atoms with Gasteiger partial charge in [-0.3, -0.25) is 0 Å². The van der Waals surface area contributed by atoms with Gasteiger partial charge in [-0.15, -0.1) is 6.58 Å². The molecule has 0 amide bonds. The largest absolute Gasteiger partial charge is 0.546 e. The average molecular weight is 721 g/mol. The number of hydrogen-bond acceptors (Lipinski definition) is 5. The van der Waals surface area contributed by atoms with E-state index in [4.69, 9.17) is 22.8 Å². The summed E-state index contributed by atoms with van der Waals surface area (Å²) in [5.41, 5.74) is -0.988. The molecule has 0 aromatic carbocycles. The lowest BCUT2D eigenvalue weighted by atomic mass is 9.48. The molecule has 2 aliphatic rings. The fourth-order valence-electron chi connectivity index (χ4n) is 7.86. The van der Waals surface area contributed by atoms with Gasteiger partial charge in [0, 0.05) is 18.4 Å². The zero-order valence-corrected chi connectivity index (χ0v) is 37.4. The third kappa shape index (κ3) is 8.25. The standard InChI is InChI=1S/C40H76O5Si3/c1-20-31(43-48(22-3,23-4)24-5)25-26-32(44-46(16,17)36(6,7)8)35-38(12,21-2)29-34(45-47(18,19)37(9,10)11)40(14)33(42-30-41-15)27-28-39(35,40)13/h20-21,25,29,32-33,35H,1-2,22-24,26-28,30H2,3-19H3/b31-25-/t32-,33+,35+,38-,39+,40-/m1/s1. The maximum absolute atomic E-state index is 7.61. The van der Waals surface area contributed by atoms with Crippen molar-refractivity contribution >= 4 is 25.0 Å². The van der Waals surface area contributed by atoms with Crippen LogP contribution in [0.3, 0.4) is 0 Å². The van der Waals surface area contributed by atoms with Crippen molar-refractivity contribution in [3.05, 3.63) is 49.0 Å². The highest BCUT2D eigenvalue weighted by Crippen LogP contribution is 2.70. The van der Waals surface area contributed by atoms with Gasteiger partial charge in [-0.2, -0.15) is 0 Å². The van der Waals surface area contributed by atoms with Crippen LogP contribution in [0.15, 0.2) is 49.0 Å². The number of methoxy groups -OCH3 is 1. The zero-order valence-electron chi connectivity index (χ0n) is 34.4. The second-order valence-electron chi connectivity index (χ2n) is 18.4. The summed E-state index contributed by atoms with van der Waals surface area (Å²) in [5.74, 6) is 2.08. The Hall–Kier alpha value is -0.909. The second kappa shape index (κ2) is 15.4. The number of rotatable bonds is 17. The Morgan fingerprint density at radius 2 is 1.48 bits per heavy atom. The minimum Gasteiger partial charge on any atom is -0.546 e. The van der Waals surface area contributed by atoms with Gasteiger partial charge in [0.15, 0.2) is 8.32 Å². The third-order valence-electron chi connectivity index (χ3n) is 13.7. The van der Waals surface area contributed by atoms with E-state index in [9.17, 15) is 0 Å². The van der Waals surface area contributed by atoms with Crippen molar-refractivity contribution < 1.29 is 22.8 Å². The molecule has 48 heavy (non-hydrogen) atoms. The van der Waals surface area contributed by atoms with E-state index in [-0.39, 0.29) is 51.2 Å². The Kier molecular flexibility index (Phi) is 13.8. The minimum absolute atomic E-state index is 0.0447. The zero-order chi connectivity index (χ0) is 37.2. The number of ether oxygens (including phenoxy) is 2. The molecule has 0 aromatic heterocycles. The average Bonchev–Trinajstić information content (AvgIpc) is 3.25. The summed E-state index contributed by atoms with van der Waals surface area (Å²) in [6.45, 7) is 46.5. The van der Waals surface area contributed by atoms with Crippen molar-refractivity contribution in [3.63, 3.8) is 0 Å². The molecule has 0 N–H and O–H groups in total. The van der Waals surface area contributed by atoms with Crippen LogP contribution in [0, 0.1) is 22.2 Å². The summed E-state index contributed by atoms with van der Waals surface area (Å²) in [7, 11) is -4.58. The molecule has 0 spiro atoms. The molecule has 2 aliphatic carbocycles. The third-order valence-corrected chi connectivity index (χ3v) is 27.1. The summed E-state index contributed by atoms with van der Waals surface area (Å²) in [6, 6.07) is 3.27. The van der Waals surface area contributed by atoms with Crippen LogP contribution in [-0.2, 0) is 22.8 Å². The SMILES string of the molecule is C=C/C(=C/C[C@@H](O[Si](C)(C)C(C)(C)C)[C@H]1[C@](C)(C=C)C=C(O[Si](C)(C)C(C)(C)C)[C@@]2(C)[C@@H](OCOC)CC[C@@]12C)O[Si](CC)(CC)CC. The highest BCUT2D eigenvalue weighted by Gasteiger charge is 2.68. The Bertz CT molecular complexity index is 1170. The molecular formula is C40H76O5Si3. The quantitative estimate of drug-likeness (QED) is 0.0492. The monoisotopic (exact) mass is 721 g/mol. The summed E-state index contributed by atoms with van der Waals surface area (Å²) < 4.78 is 34.0. The van der Waals surface area contributed by atoms with Crippen molar-refractivity contribution in [2.75, 3.05) is 13.9 Å². The molecule has 1 saturated carbocycles. The molecule has 0 bridgehead atoms. The summed E-state index contributed by atoms with van der Waals surface area (Å²) in [6.07, 6.45) is 11.3. The Morgan fingerprint density at radius 3 is 1.92 bits per heavy atom. The fraction of sp³-hybridized carbons (Fsp3) is 0.800. The van der Waals surface area contributed by atoms with E-state index in [2.05, 4.69) is 141 Å². The van der Waals surface area contributed by atoms with E-state index >= 15 is 0 Å². The first kappa shape index (κ1) is 43.3. The van der Waals surface area contributed by atoms with Gasteiger partial charge in [-0.25, -0.2) is 0 Å². The van der Waals surface area contributed by atoms with E-state index in [0.717, 1.165) is 48.9 Å². The molecule has 6 atom stereocenters.